The third-order valence-corrected chi connectivity index (χ3v) is 3.07. The van der Waals surface area contributed by atoms with Gasteiger partial charge in [-0.1, -0.05) is 26.0 Å². The summed E-state index contributed by atoms with van der Waals surface area (Å²) in [6.07, 6.45) is 0. The van der Waals surface area contributed by atoms with Gasteiger partial charge in [-0.3, -0.25) is 0 Å². The van der Waals surface area contributed by atoms with Crippen molar-refractivity contribution in [3.63, 3.8) is 0 Å². The van der Waals surface area contributed by atoms with Crippen molar-refractivity contribution < 1.29 is 4.74 Å². The zero-order valence-corrected chi connectivity index (χ0v) is 12.6. The van der Waals surface area contributed by atoms with Gasteiger partial charge in [-0.15, -0.1) is 0 Å². The fourth-order valence-electron chi connectivity index (χ4n) is 2.04. The van der Waals surface area contributed by atoms with Crippen LogP contribution in [0.2, 0.25) is 0 Å². The first-order valence-electron chi connectivity index (χ1n) is 6.98. The van der Waals surface area contributed by atoms with Crippen LogP contribution in [0, 0.1) is 6.92 Å². The van der Waals surface area contributed by atoms with Gasteiger partial charge in [0.1, 0.15) is 5.75 Å². The minimum atomic E-state index is 0.381. The van der Waals surface area contributed by atoms with Gasteiger partial charge in [-0.25, -0.2) is 4.98 Å². The summed E-state index contributed by atoms with van der Waals surface area (Å²) in [5, 5.41) is 3.17. The van der Waals surface area contributed by atoms with Crippen molar-refractivity contribution in [3.05, 3.63) is 53.2 Å². The monoisotopic (exact) mass is 270 g/mol. The number of hydrogen-bond acceptors (Lipinski definition) is 3. The van der Waals surface area contributed by atoms with Crippen molar-refractivity contribution in [2.45, 2.75) is 33.2 Å². The zero-order chi connectivity index (χ0) is 14.5. The van der Waals surface area contributed by atoms with E-state index >= 15 is 0 Å². The summed E-state index contributed by atoms with van der Waals surface area (Å²) in [7, 11) is 1.94. The molecule has 0 saturated heterocycles. The standard InChI is InChI=1S/C17H22N2O/c1-12(2)16-9-14(11-18-4)10-17(19-16)20-15-7-5-6-13(3)8-15/h5-10,12,18H,11H2,1-4H3. The van der Waals surface area contributed by atoms with Gasteiger partial charge < -0.3 is 10.1 Å². The molecule has 0 spiro atoms. The molecule has 1 aromatic carbocycles. The summed E-state index contributed by atoms with van der Waals surface area (Å²) in [6.45, 7) is 7.15. The van der Waals surface area contributed by atoms with Gasteiger partial charge in [0.2, 0.25) is 5.88 Å². The molecule has 3 heteroatoms. The number of aromatic nitrogens is 1. The molecule has 1 aromatic heterocycles. The van der Waals surface area contributed by atoms with Crippen molar-refractivity contribution in [1.29, 1.82) is 0 Å². The molecule has 1 heterocycles. The molecule has 0 saturated carbocycles. The van der Waals surface area contributed by atoms with Crippen molar-refractivity contribution >= 4 is 0 Å². The molecule has 20 heavy (non-hydrogen) atoms. The van der Waals surface area contributed by atoms with Crippen LogP contribution in [0.15, 0.2) is 36.4 Å². The fourth-order valence-corrected chi connectivity index (χ4v) is 2.04. The number of pyridine rings is 1. The van der Waals surface area contributed by atoms with Gasteiger partial charge in [0.25, 0.3) is 0 Å². The Balaban J connectivity index is 2.30. The van der Waals surface area contributed by atoms with E-state index in [1.165, 1.54) is 11.1 Å². The van der Waals surface area contributed by atoms with Gasteiger partial charge in [-0.05, 0) is 49.2 Å². The van der Waals surface area contributed by atoms with Crippen molar-refractivity contribution in [2.24, 2.45) is 0 Å². The summed E-state index contributed by atoms with van der Waals surface area (Å²) in [4.78, 5) is 4.59. The van der Waals surface area contributed by atoms with E-state index in [-0.39, 0.29) is 0 Å². The molecule has 106 valence electrons. The quantitative estimate of drug-likeness (QED) is 0.891. The van der Waals surface area contributed by atoms with Crippen LogP contribution >= 0.6 is 0 Å². The molecule has 3 nitrogen and oxygen atoms in total. The van der Waals surface area contributed by atoms with Gasteiger partial charge in [0.15, 0.2) is 0 Å². The van der Waals surface area contributed by atoms with Crippen LogP contribution in [-0.4, -0.2) is 12.0 Å². The third kappa shape index (κ3) is 3.81. The van der Waals surface area contributed by atoms with Crippen LogP contribution in [0.3, 0.4) is 0 Å². The van der Waals surface area contributed by atoms with Crippen molar-refractivity contribution in [3.8, 4) is 11.6 Å². The van der Waals surface area contributed by atoms with Crippen LogP contribution in [0.1, 0.15) is 36.6 Å². The molecule has 0 radical (unpaired) electrons. The minimum absolute atomic E-state index is 0.381. The summed E-state index contributed by atoms with van der Waals surface area (Å²) in [5.74, 6) is 1.87. The van der Waals surface area contributed by atoms with Crippen LogP contribution < -0.4 is 10.1 Å². The number of ether oxygens (including phenoxy) is 1. The SMILES string of the molecule is CNCc1cc(Oc2cccc(C)c2)nc(C(C)C)c1. The Kier molecular flexibility index (Phi) is 4.74. The van der Waals surface area contributed by atoms with E-state index in [1.54, 1.807) is 0 Å². The lowest BCUT2D eigenvalue weighted by Gasteiger charge is -2.12. The molecule has 0 fully saturated rings. The minimum Gasteiger partial charge on any atom is -0.439 e. The highest BCUT2D eigenvalue weighted by molar-refractivity contribution is 5.33. The van der Waals surface area contributed by atoms with Crippen molar-refractivity contribution in [1.82, 2.24) is 10.3 Å². The van der Waals surface area contributed by atoms with Crippen LogP contribution in [0.25, 0.3) is 0 Å². The lowest BCUT2D eigenvalue weighted by atomic mass is 10.1. The lowest BCUT2D eigenvalue weighted by molar-refractivity contribution is 0.458. The number of benzene rings is 1. The Labute approximate surface area is 121 Å². The molecule has 2 aromatic rings. The maximum atomic E-state index is 5.90. The van der Waals surface area contributed by atoms with E-state index in [9.17, 15) is 0 Å². The second-order valence-electron chi connectivity index (χ2n) is 5.34. The number of hydrogen-bond donors (Lipinski definition) is 1. The maximum Gasteiger partial charge on any atom is 0.219 e. The second-order valence-corrected chi connectivity index (χ2v) is 5.34. The molecule has 0 bridgehead atoms. The summed E-state index contributed by atoms with van der Waals surface area (Å²) < 4.78 is 5.90. The van der Waals surface area contributed by atoms with Gasteiger partial charge in [0.05, 0.1) is 0 Å². The Morgan fingerprint density at radius 2 is 2.00 bits per heavy atom. The average Bonchev–Trinajstić information content (AvgIpc) is 2.38. The van der Waals surface area contributed by atoms with E-state index < -0.39 is 0 Å². The second kappa shape index (κ2) is 6.53. The van der Waals surface area contributed by atoms with Crippen LogP contribution in [-0.2, 0) is 6.54 Å². The fraction of sp³-hybridized carbons (Fsp3) is 0.353. The predicted octanol–water partition coefficient (Wildman–Crippen LogP) is 4.03. The number of rotatable bonds is 5. The first kappa shape index (κ1) is 14.5. The van der Waals surface area contributed by atoms with E-state index in [0.717, 1.165) is 18.0 Å². The highest BCUT2D eigenvalue weighted by atomic mass is 16.5. The number of nitrogens with one attached hydrogen (secondary N) is 1. The molecular weight excluding hydrogens is 248 g/mol. The molecule has 1 N–H and O–H groups in total. The summed E-state index contributed by atoms with van der Waals surface area (Å²) in [5.41, 5.74) is 3.42. The normalized spacial score (nSPS) is 10.8. The third-order valence-electron chi connectivity index (χ3n) is 3.07. The summed E-state index contributed by atoms with van der Waals surface area (Å²) in [6, 6.07) is 12.1. The van der Waals surface area contributed by atoms with E-state index in [4.69, 9.17) is 4.74 Å². The molecular formula is C17H22N2O. The molecule has 0 atom stereocenters. The Hall–Kier alpha value is -1.87. The Bertz CT molecular complexity index is 579. The largest absolute Gasteiger partial charge is 0.439 e. The van der Waals surface area contributed by atoms with Gasteiger partial charge in [0, 0.05) is 18.3 Å². The number of nitrogens with zero attached hydrogens (tertiary/aromatic N) is 1. The van der Waals surface area contributed by atoms with Gasteiger partial charge >= 0.3 is 0 Å². The van der Waals surface area contributed by atoms with Gasteiger partial charge in [-0.2, -0.15) is 0 Å². The first-order valence-corrected chi connectivity index (χ1v) is 6.98. The van der Waals surface area contributed by atoms with Crippen LogP contribution in [0.5, 0.6) is 11.6 Å². The van der Waals surface area contributed by atoms with E-state index in [1.807, 2.05) is 31.3 Å². The molecule has 0 amide bonds. The topological polar surface area (TPSA) is 34.1 Å². The summed E-state index contributed by atoms with van der Waals surface area (Å²) >= 11 is 0. The maximum absolute atomic E-state index is 5.90. The molecule has 0 aliphatic rings. The molecule has 0 aliphatic carbocycles. The van der Waals surface area contributed by atoms with Crippen molar-refractivity contribution in [2.75, 3.05) is 7.05 Å². The Morgan fingerprint density at radius 3 is 2.65 bits per heavy atom. The first-order chi connectivity index (χ1) is 9.58. The van der Waals surface area contributed by atoms with E-state index in [0.29, 0.717) is 11.8 Å². The molecule has 0 unspecified atom stereocenters. The predicted molar refractivity (Wildman–Crippen MR) is 82.3 cm³/mol. The lowest BCUT2D eigenvalue weighted by Crippen LogP contribution is -2.07. The smallest absolute Gasteiger partial charge is 0.219 e. The van der Waals surface area contributed by atoms with E-state index in [2.05, 4.69) is 43.2 Å². The zero-order valence-electron chi connectivity index (χ0n) is 12.6. The number of aryl methyl sites for hydroxylation is 1. The average molecular weight is 270 g/mol. The highest BCUT2D eigenvalue weighted by Gasteiger charge is 2.08. The molecule has 2 rings (SSSR count). The molecule has 0 aliphatic heterocycles. The highest BCUT2D eigenvalue weighted by Crippen LogP contribution is 2.24. The Morgan fingerprint density at radius 1 is 1.20 bits per heavy atom. The van der Waals surface area contributed by atoms with Crippen LogP contribution in [0.4, 0.5) is 0 Å².